The molecule has 4 nitrogen and oxygen atoms in total. The van der Waals surface area contributed by atoms with E-state index in [1.807, 2.05) is 30.3 Å². The van der Waals surface area contributed by atoms with Crippen LogP contribution in [-0.2, 0) is 4.74 Å². The number of ether oxygens (including phenoxy) is 1. The molecule has 3 rings (SSSR count). The fraction of sp³-hybridized carbons (Fsp3) is 0.350. The standard InChI is InChI=1S/C20H21F3N2O2S/c21-20(22,23)28-17-8-6-16(7-9-17)19(26)24-18(15-4-2-1-3-5-15)14-25-10-12-27-13-11-25/h1-9,18H,10-14H2,(H,24,26)/t18-/m1/s1. The van der Waals surface area contributed by atoms with Crippen molar-refractivity contribution in [3.63, 3.8) is 0 Å². The van der Waals surface area contributed by atoms with Crippen molar-refractivity contribution in [2.24, 2.45) is 0 Å². The Morgan fingerprint density at radius 2 is 1.71 bits per heavy atom. The number of morpholine rings is 1. The van der Waals surface area contributed by atoms with Crippen molar-refractivity contribution in [3.05, 3.63) is 65.7 Å². The quantitative estimate of drug-likeness (QED) is 0.728. The van der Waals surface area contributed by atoms with Gasteiger partial charge >= 0.3 is 5.51 Å². The molecule has 0 bridgehead atoms. The topological polar surface area (TPSA) is 41.6 Å². The van der Waals surface area contributed by atoms with Crippen molar-refractivity contribution in [2.45, 2.75) is 16.4 Å². The van der Waals surface area contributed by atoms with E-state index in [1.165, 1.54) is 24.3 Å². The Morgan fingerprint density at radius 3 is 2.32 bits per heavy atom. The summed E-state index contributed by atoms with van der Waals surface area (Å²) in [6.07, 6.45) is 0. The highest BCUT2D eigenvalue weighted by atomic mass is 32.2. The highest BCUT2D eigenvalue weighted by molar-refractivity contribution is 8.00. The second kappa shape index (κ2) is 9.45. The van der Waals surface area contributed by atoms with E-state index < -0.39 is 5.51 Å². The average Bonchev–Trinajstić information content (AvgIpc) is 2.68. The molecule has 1 saturated heterocycles. The van der Waals surface area contributed by atoms with Gasteiger partial charge in [0.15, 0.2) is 0 Å². The molecule has 0 radical (unpaired) electrons. The van der Waals surface area contributed by atoms with Crippen molar-refractivity contribution in [1.29, 1.82) is 0 Å². The van der Waals surface area contributed by atoms with E-state index in [-0.39, 0.29) is 28.6 Å². The van der Waals surface area contributed by atoms with Gasteiger partial charge in [-0.05, 0) is 41.6 Å². The summed E-state index contributed by atoms with van der Waals surface area (Å²) in [5.41, 5.74) is -3.04. The van der Waals surface area contributed by atoms with E-state index in [9.17, 15) is 18.0 Å². The van der Waals surface area contributed by atoms with Crippen LogP contribution in [0, 0.1) is 0 Å². The summed E-state index contributed by atoms with van der Waals surface area (Å²) in [7, 11) is 0. The lowest BCUT2D eigenvalue weighted by Gasteiger charge is -2.31. The van der Waals surface area contributed by atoms with Crippen molar-refractivity contribution in [3.8, 4) is 0 Å². The lowest BCUT2D eigenvalue weighted by Crippen LogP contribution is -2.43. The molecule has 1 fully saturated rings. The molecule has 1 aliphatic rings. The molecule has 150 valence electrons. The molecule has 2 aromatic rings. The van der Waals surface area contributed by atoms with Gasteiger partial charge in [0.1, 0.15) is 0 Å². The molecule has 28 heavy (non-hydrogen) atoms. The fourth-order valence-corrected chi connectivity index (χ4v) is 3.55. The molecule has 0 spiro atoms. The minimum atomic E-state index is -4.35. The second-order valence-corrected chi connectivity index (χ2v) is 7.56. The minimum absolute atomic E-state index is 0.0528. The summed E-state index contributed by atoms with van der Waals surface area (Å²) in [5.74, 6) is -0.314. The second-order valence-electron chi connectivity index (χ2n) is 6.42. The molecule has 1 atom stereocenters. The van der Waals surface area contributed by atoms with Crippen LogP contribution >= 0.6 is 11.8 Å². The van der Waals surface area contributed by atoms with Crippen LogP contribution < -0.4 is 5.32 Å². The van der Waals surface area contributed by atoms with Gasteiger partial charge in [-0.15, -0.1) is 0 Å². The Labute approximate surface area is 166 Å². The van der Waals surface area contributed by atoms with Crippen molar-refractivity contribution in [2.75, 3.05) is 32.8 Å². The summed E-state index contributed by atoms with van der Waals surface area (Å²) in [5, 5.41) is 3.01. The molecule has 0 unspecified atom stereocenters. The number of carbonyl (C=O) groups is 1. The van der Waals surface area contributed by atoms with Gasteiger partial charge in [0.2, 0.25) is 0 Å². The first-order valence-electron chi connectivity index (χ1n) is 8.92. The van der Waals surface area contributed by atoms with Gasteiger partial charge in [-0.1, -0.05) is 30.3 Å². The van der Waals surface area contributed by atoms with E-state index in [2.05, 4.69) is 10.2 Å². The third kappa shape index (κ3) is 6.25. The van der Waals surface area contributed by atoms with Gasteiger partial charge in [0.05, 0.1) is 19.3 Å². The molecule has 1 heterocycles. The zero-order valence-electron chi connectivity index (χ0n) is 15.1. The van der Waals surface area contributed by atoms with Crippen LogP contribution in [0.15, 0.2) is 59.5 Å². The van der Waals surface area contributed by atoms with E-state index in [0.717, 1.165) is 18.7 Å². The van der Waals surface area contributed by atoms with E-state index in [1.54, 1.807) is 0 Å². The number of thioether (sulfide) groups is 1. The maximum Gasteiger partial charge on any atom is 0.446 e. The molecule has 0 saturated carbocycles. The molecule has 2 aromatic carbocycles. The average molecular weight is 410 g/mol. The van der Waals surface area contributed by atoms with Crippen LogP contribution in [0.5, 0.6) is 0 Å². The third-order valence-electron chi connectivity index (χ3n) is 4.40. The Hall–Kier alpha value is -2.03. The Bertz CT molecular complexity index is 763. The summed E-state index contributed by atoms with van der Waals surface area (Å²) >= 11 is -0.195. The zero-order chi connectivity index (χ0) is 20.0. The SMILES string of the molecule is O=C(N[C@H](CN1CCOCC1)c1ccccc1)c1ccc(SC(F)(F)F)cc1. The lowest BCUT2D eigenvalue weighted by atomic mass is 10.1. The Kier molecular flexibility index (Phi) is 6.98. The molecular formula is C20H21F3N2O2S. The van der Waals surface area contributed by atoms with Crippen LogP contribution in [0.3, 0.4) is 0 Å². The van der Waals surface area contributed by atoms with E-state index >= 15 is 0 Å². The Balaban J connectivity index is 1.69. The van der Waals surface area contributed by atoms with Gasteiger partial charge in [0, 0.05) is 30.1 Å². The summed E-state index contributed by atoms with van der Waals surface area (Å²) in [6, 6.07) is 14.9. The van der Waals surface area contributed by atoms with Crippen LogP contribution in [0.25, 0.3) is 0 Å². The fourth-order valence-electron chi connectivity index (χ4n) is 3.01. The van der Waals surface area contributed by atoms with Crippen LogP contribution in [0.2, 0.25) is 0 Å². The first-order valence-corrected chi connectivity index (χ1v) is 9.74. The van der Waals surface area contributed by atoms with Crippen molar-refractivity contribution < 1.29 is 22.7 Å². The highest BCUT2D eigenvalue weighted by Gasteiger charge is 2.29. The monoisotopic (exact) mass is 410 g/mol. The molecule has 0 aromatic heterocycles. The highest BCUT2D eigenvalue weighted by Crippen LogP contribution is 2.36. The van der Waals surface area contributed by atoms with Gasteiger partial charge in [0.25, 0.3) is 5.91 Å². The number of benzene rings is 2. The number of hydrogen-bond donors (Lipinski definition) is 1. The van der Waals surface area contributed by atoms with Crippen molar-refractivity contribution >= 4 is 17.7 Å². The number of carbonyl (C=O) groups excluding carboxylic acids is 1. The molecule has 8 heteroatoms. The Morgan fingerprint density at radius 1 is 1.07 bits per heavy atom. The molecule has 1 N–H and O–H groups in total. The van der Waals surface area contributed by atoms with Crippen LogP contribution in [0.1, 0.15) is 22.0 Å². The van der Waals surface area contributed by atoms with Gasteiger partial charge in [-0.25, -0.2) is 0 Å². The summed E-state index contributed by atoms with van der Waals surface area (Å²) < 4.78 is 42.7. The zero-order valence-corrected chi connectivity index (χ0v) is 15.9. The number of alkyl halides is 3. The molecule has 0 aliphatic carbocycles. The number of nitrogens with one attached hydrogen (secondary N) is 1. The van der Waals surface area contributed by atoms with Gasteiger partial charge in [-0.3, -0.25) is 9.69 Å². The molecule has 1 aliphatic heterocycles. The smallest absolute Gasteiger partial charge is 0.379 e. The van der Waals surface area contributed by atoms with Gasteiger partial charge < -0.3 is 10.1 Å². The third-order valence-corrected chi connectivity index (χ3v) is 5.14. The lowest BCUT2D eigenvalue weighted by molar-refractivity contribution is -0.0328. The van der Waals surface area contributed by atoms with Crippen LogP contribution in [-0.4, -0.2) is 49.2 Å². The van der Waals surface area contributed by atoms with E-state index in [4.69, 9.17) is 4.74 Å². The maximum atomic E-state index is 12.7. The predicted octanol–water partition coefficient (Wildman–Crippen LogP) is 4.10. The number of rotatable bonds is 6. The van der Waals surface area contributed by atoms with Crippen molar-refractivity contribution in [1.82, 2.24) is 10.2 Å². The predicted molar refractivity (Wildman–Crippen MR) is 102 cm³/mol. The maximum absolute atomic E-state index is 12.7. The molecular weight excluding hydrogens is 389 g/mol. The normalized spacial score (nSPS) is 16.5. The number of halogens is 3. The minimum Gasteiger partial charge on any atom is -0.379 e. The largest absolute Gasteiger partial charge is 0.446 e. The number of nitrogens with zero attached hydrogens (tertiary/aromatic N) is 1. The molecule has 1 amide bonds. The van der Waals surface area contributed by atoms with Crippen LogP contribution in [0.4, 0.5) is 13.2 Å². The first-order chi connectivity index (χ1) is 13.4. The first kappa shape index (κ1) is 20.7. The van der Waals surface area contributed by atoms with E-state index in [0.29, 0.717) is 25.3 Å². The number of hydrogen-bond acceptors (Lipinski definition) is 4. The summed E-state index contributed by atoms with van der Waals surface area (Å²) in [4.78, 5) is 15.0. The van der Waals surface area contributed by atoms with Gasteiger partial charge in [-0.2, -0.15) is 13.2 Å². The number of amides is 1. The summed E-state index contributed by atoms with van der Waals surface area (Å²) in [6.45, 7) is 3.55.